The summed E-state index contributed by atoms with van der Waals surface area (Å²) in [6.07, 6.45) is 16.4. The van der Waals surface area contributed by atoms with E-state index >= 15 is 0 Å². The molecule has 0 spiro atoms. The molecule has 0 aliphatic heterocycles. The van der Waals surface area contributed by atoms with Crippen molar-refractivity contribution in [1.82, 2.24) is 4.90 Å². The van der Waals surface area contributed by atoms with Crippen LogP contribution in [0.15, 0.2) is 0 Å². The summed E-state index contributed by atoms with van der Waals surface area (Å²) in [6, 6.07) is 0. The Morgan fingerprint density at radius 1 is 0.826 bits per heavy atom. The van der Waals surface area contributed by atoms with Gasteiger partial charge in [0.1, 0.15) is 6.10 Å². The number of carbonyl (C=O) groups is 1. The maximum Gasteiger partial charge on any atom is 0.306 e. The molecule has 0 saturated heterocycles. The number of hydrogen-bond donors (Lipinski definition) is 0. The normalized spacial score (nSPS) is 12.6. The molecule has 0 aromatic rings. The van der Waals surface area contributed by atoms with Crippen LogP contribution >= 0.6 is 0 Å². The standard InChI is InChI=1S/C20H41NO2/c1-5-6-7-8-9-10-11-12-13-14-15-16-17-20(22)23-19(2)18-21(3)4/h19H,5-18H2,1-4H3. The maximum absolute atomic E-state index is 11.7. The van der Waals surface area contributed by atoms with Crippen LogP contribution in [0, 0.1) is 0 Å². The van der Waals surface area contributed by atoms with Gasteiger partial charge in [-0.25, -0.2) is 0 Å². The smallest absolute Gasteiger partial charge is 0.306 e. The van der Waals surface area contributed by atoms with Gasteiger partial charge in [0.2, 0.25) is 0 Å². The first kappa shape index (κ1) is 22.4. The summed E-state index contributed by atoms with van der Waals surface area (Å²) in [4.78, 5) is 13.7. The van der Waals surface area contributed by atoms with Gasteiger partial charge in [0.25, 0.3) is 0 Å². The van der Waals surface area contributed by atoms with Gasteiger partial charge in [0, 0.05) is 13.0 Å². The molecule has 0 aliphatic rings. The van der Waals surface area contributed by atoms with Crippen molar-refractivity contribution in [3.63, 3.8) is 0 Å². The third-order valence-electron chi connectivity index (χ3n) is 4.19. The number of nitrogens with zero attached hydrogens (tertiary/aromatic N) is 1. The SMILES string of the molecule is CCCCCCCCCCCCCCC(=O)OC(C)CN(C)C. The van der Waals surface area contributed by atoms with Crippen LogP contribution in [0.5, 0.6) is 0 Å². The van der Waals surface area contributed by atoms with Crippen molar-refractivity contribution in [2.75, 3.05) is 20.6 Å². The molecule has 0 heterocycles. The molecule has 23 heavy (non-hydrogen) atoms. The Balaban J connectivity index is 3.25. The van der Waals surface area contributed by atoms with Gasteiger partial charge in [-0.05, 0) is 27.4 Å². The Bertz CT molecular complexity index is 266. The highest BCUT2D eigenvalue weighted by molar-refractivity contribution is 5.69. The van der Waals surface area contributed by atoms with Crippen LogP contribution in [0.25, 0.3) is 0 Å². The summed E-state index contributed by atoms with van der Waals surface area (Å²) in [7, 11) is 3.99. The number of likely N-dealkylation sites (N-methyl/N-ethyl adjacent to an activating group) is 1. The van der Waals surface area contributed by atoms with Crippen molar-refractivity contribution >= 4 is 5.97 Å². The number of esters is 1. The van der Waals surface area contributed by atoms with E-state index in [-0.39, 0.29) is 12.1 Å². The van der Waals surface area contributed by atoms with E-state index in [1.807, 2.05) is 25.9 Å². The average molecular weight is 328 g/mol. The van der Waals surface area contributed by atoms with Crippen molar-refractivity contribution < 1.29 is 9.53 Å². The highest BCUT2D eigenvalue weighted by Crippen LogP contribution is 2.12. The lowest BCUT2D eigenvalue weighted by Gasteiger charge is -2.17. The fourth-order valence-corrected chi connectivity index (χ4v) is 2.95. The molecule has 3 heteroatoms. The van der Waals surface area contributed by atoms with Crippen LogP contribution in [0.3, 0.4) is 0 Å². The molecule has 0 amide bonds. The fourth-order valence-electron chi connectivity index (χ4n) is 2.95. The summed E-state index contributed by atoms with van der Waals surface area (Å²) >= 11 is 0. The summed E-state index contributed by atoms with van der Waals surface area (Å²) in [5, 5.41) is 0. The largest absolute Gasteiger partial charge is 0.461 e. The first-order chi connectivity index (χ1) is 11.1. The van der Waals surface area contributed by atoms with Gasteiger partial charge in [0.05, 0.1) is 0 Å². The van der Waals surface area contributed by atoms with Gasteiger partial charge < -0.3 is 9.64 Å². The number of ether oxygens (including phenoxy) is 1. The summed E-state index contributed by atoms with van der Waals surface area (Å²) in [5.74, 6) is -0.0357. The molecule has 0 N–H and O–H groups in total. The highest BCUT2D eigenvalue weighted by atomic mass is 16.5. The van der Waals surface area contributed by atoms with Crippen LogP contribution < -0.4 is 0 Å². The molecule has 1 unspecified atom stereocenters. The zero-order valence-electron chi connectivity index (χ0n) is 16.2. The van der Waals surface area contributed by atoms with E-state index in [9.17, 15) is 4.79 Å². The fraction of sp³-hybridized carbons (Fsp3) is 0.950. The molecule has 138 valence electrons. The number of rotatable bonds is 16. The van der Waals surface area contributed by atoms with E-state index in [4.69, 9.17) is 4.74 Å². The minimum atomic E-state index is -0.0357. The van der Waals surface area contributed by atoms with E-state index < -0.39 is 0 Å². The molecular weight excluding hydrogens is 286 g/mol. The van der Waals surface area contributed by atoms with Crippen LogP contribution in [-0.2, 0) is 9.53 Å². The quantitative estimate of drug-likeness (QED) is 0.274. The van der Waals surface area contributed by atoms with E-state index in [2.05, 4.69) is 6.92 Å². The zero-order valence-corrected chi connectivity index (χ0v) is 16.2. The van der Waals surface area contributed by atoms with E-state index in [0.29, 0.717) is 6.42 Å². The second kappa shape index (κ2) is 16.3. The zero-order chi connectivity index (χ0) is 17.3. The molecule has 0 saturated carbocycles. The minimum absolute atomic E-state index is 0.00479. The van der Waals surface area contributed by atoms with E-state index in [1.54, 1.807) is 0 Å². The molecule has 0 aromatic heterocycles. The number of carbonyl (C=O) groups excluding carboxylic acids is 1. The molecule has 0 fully saturated rings. The monoisotopic (exact) mass is 327 g/mol. The van der Waals surface area contributed by atoms with Crippen LogP contribution in [-0.4, -0.2) is 37.6 Å². The van der Waals surface area contributed by atoms with Gasteiger partial charge in [-0.1, -0.05) is 77.6 Å². The Morgan fingerprint density at radius 2 is 1.26 bits per heavy atom. The molecule has 0 radical (unpaired) electrons. The Hall–Kier alpha value is -0.570. The first-order valence-electron chi connectivity index (χ1n) is 9.90. The number of hydrogen-bond acceptors (Lipinski definition) is 3. The Kier molecular flexibility index (Phi) is 15.9. The van der Waals surface area contributed by atoms with Gasteiger partial charge >= 0.3 is 5.97 Å². The number of unbranched alkanes of at least 4 members (excludes halogenated alkanes) is 11. The Labute approximate surface area is 145 Å². The molecule has 0 rings (SSSR count). The summed E-state index contributed by atoms with van der Waals surface area (Å²) in [6.45, 7) is 5.02. The van der Waals surface area contributed by atoms with E-state index in [1.165, 1.54) is 64.2 Å². The molecule has 1 atom stereocenters. The van der Waals surface area contributed by atoms with Gasteiger partial charge in [-0.2, -0.15) is 0 Å². The minimum Gasteiger partial charge on any atom is -0.461 e. The second-order valence-electron chi connectivity index (χ2n) is 7.20. The third-order valence-corrected chi connectivity index (χ3v) is 4.19. The van der Waals surface area contributed by atoms with Crippen molar-refractivity contribution in [2.45, 2.75) is 103 Å². The first-order valence-corrected chi connectivity index (χ1v) is 9.90. The van der Waals surface area contributed by atoms with Crippen LogP contribution in [0.4, 0.5) is 0 Å². The van der Waals surface area contributed by atoms with E-state index in [0.717, 1.165) is 19.4 Å². The second-order valence-corrected chi connectivity index (χ2v) is 7.20. The van der Waals surface area contributed by atoms with Gasteiger partial charge in [-0.15, -0.1) is 0 Å². The Morgan fingerprint density at radius 3 is 1.70 bits per heavy atom. The van der Waals surface area contributed by atoms with Crippen LogP contribution in [0.1, 0.15) is 97.3 Å². The topological polar surface area (TPSA) is 29.5 Å². The highest BCUT2D eigenvalue weighted by Gasteiger charge is 2.09. The molecule has 0 bridgehead atoms. The van der Waals surface area contributed by atoms with Crippen molar-refractivity contribution in [3.8, 4) is 0 Å². The predicted molar refractivity (Wildman–Crippen MR) is 99.8 cm³/mol. The van der Waals surface area contributed by atoms with Crippen molar-refractivity contribution in [2.24, 2.45) is 0 Å². The molecule has 0 aromatic carbocycles. The predicted octanol–water partition coefficient (Wildman–Crippen LogP) is 5.57. The molecule has 0 aliphatic carbocycles. The maximum atomic E-state index is 11.7. The lowest BCUT2D eigenvalue weighted by atomic mass is 10.0. The molecular formula is C20H41NO2. The summed E-state index contributed by atoms with van der Waals surface area (Å²) < 4.78 is 5.38. The van der Waals surface area contributed by atoms with Crippen molar-refractivity contribution in [3.05, 3.63) is 0 Å². The van der Waals surface area contributed by atoms with Gasteiger partial charge in [-0.3, -0.25) is 4.79 Å². The molecule has 3 nitrogen and oxygen atoms in total. The van der Waals surface area contributed by atoms with Crippen molar-refractivity contribution in [1.29, 1.82) is 0 Å². The summed E-state index contributed by atoms with van der Waals surface area (Å²) in [5.41, 5.74) is 0. The van der Waals surface area contributed by atoms with Gasteiger partial charge in [0.15, 0.2) is 0 Å². The lowest BCUT2D eigenvalue weighted by Crippen LogP contribution is -2.27. The third kappa shape index (κ3) is 17.6. The van der Waals surface area contributed by atoms with Crippen LogP contribution in [0.2, 0.25) is 0 Å². The average Bonchev–Trinajstić information content (AvgIpc) is 2.47. The lowest BCUT2D eigenvalue weighted by molar-refractivity contribution is -0.148.